The minimum absolute atomic E-state index is 0.719. The Morgan fingerprint density at radius 3 is 2.68 bits per heavy atom. The van der Waals surface area contributed by atoms with Crippen LogP contribution in [0.3, 0.4) is 0 Å². The van der Waals surface area contributed by atoms with Crippen LogP contribution in [0.25, 0.3) is 11.3 Å². The summed E-state index contributed by atoms with van der Waals surface area (Å²) in [4.78, 5) is 4.61. The lowest BCUT2D eigenvalue weighted by Gasteiger charge is -2.01. The molecule has 102 valence electrons. The fourth-order valence-corrected chi connectivity index (χ4v) is 2.43. The highest BCUT2D eigenvalue weighted by molar-refractivity contribution is 7.09. The minimum atomic E-state index is 0.719. The van der Waals surface area contributed by atoms with Gasteiger partial charge in [0.25, 0.3) is 0 Å². The van der Waals surface area contributed by atoms with Crippen molar-refractivity contribution < 1.29 is 9.47 Å². The summed E-state index contributed by atoms with van der Waals surface area (Å²) in [6.45, 7) is 2.34. The molecule has 5 heteroatoms. The Morgan fingerprint density at radius 1 is 1.21 bits per heavy atom. The lowest BCUT2D eigenvalue weighted by molar-refractivity contribution is 0.199. The van der Waals surface area contributed by atoms with Crippen LogP contribution >= 0.6 is 11.3 Å². The lowest BCUT2D eigenvalue weighted by atomic mass is 10.2. The summed E-state index contributed by atoms with van der Waals surface area (Å²) in [5.41, 5.74) is 2.12. The van der Waals surface area contributed by atoms with Gasteiger partial charge in [0.05, 0.1) is 19.4 Å². The van der Waals surface area contributed by atoms with Gasteiger partial charge in [0.1, 0.15) is 10.8 Å². The third-order valence-corrected chi connectivity index (χ3v) is 3.55. The molecule has 19 heavy (non-hydrogen) atoms. The van der Waals surface area contributed by atoms with Crippen molar-refractivity contribution in [3.05, 3.63) is 34.7 Å². The Balaban J connectivity index is 1.95. The summed E-state index contributed by atoms with van der Waals surface area (Å²) in [5.74, 6) is 0.862. The van der Waals surface area contributed by atoms with E-state index in [0.717, 1.165) is 41.7 Å². The molecule has 0 saturated heterocycles. The molecule has 0 fully saturated rings. The van der Waals surface area contributed by atoms with Gasteiger partial charge in [-0.15, -0.1) is 11.3 Å². The van der Waals surface area contributed by atoms with Crippen LogP contribution in [0.2, 0.25) is 0 Å². The summed E-state index contributed by atoms with van der Waals surface area (Å²) < 4.78 is 10.1. The molecule has 0 unspecified atom stereocenters. The van der Waals surface area contributed by atoms with E-state index in [1.807, 2.05) is 24.3 Å². The smallest absolute Gasteiger partial charge is 0.118 e. The quantitative estimate of drug-likeness (QED) is 0.791. The number of thiazole rings is 1. The second kappa shape index (κ2) is 7.23. The number of benzene rings is 1. The molecule has 2 aromatic rings. The van der Waals surface area contributed by atoms with Crippen molar-refractivity contribution in [1.29, 1.82) is 0 Å². The monoisotopic (exact) mass is 278 g/mol. The lowest BCUT2D eigenvalue weighted by Crippen LogP contribution is -2.18. The van der Waals surface area contributed by atoms with Gasteiger partial charge in [-0.05, 0) is 24.3 Å². The highest BCUT2D eigenvalue weighted by atomic mass is 32.1. The zero-order valence-electron chi connectivity index (χ0n) is 11.2. The zero-order chi connectivity index (χ0) is 13.5. The number of aromatic nitrogens is 1. The Bertz CT molecular complexity index is 496. The van der Waals surface area contributed by atoms with Crippen molar-refractivity contribution in [1.82, 2.24) is 10.3 Å². The predicted octanol–water partition coefficient (Wildman–Crippen LogP) is 2.55. The highest BCUT2D eigenvalue weighted by Crippen LogP contribution is 2.23. The number of nitrogens with one attached hydrogen (secondary N) is 1. The molecule has 1 N–H and O–H groups in total. The fourth-order valence-electron chi connectivity index (χ4n) is 1.66. The van der Waals surface area contributed by atoms with E-state index in [4.69, 9.17) is 9.47 Å². The van der Waals surface area contributed by atoms with Crippen LogP contribution in [0.1, 0.15) is 5.01 Å². The predicted molar refractivity (Wildman–Crippen MR) is 77.7 cm³/mol. The zero-order valence-corrected chi connectivity index (χ0v) is 12.0. The van der Waals surface area contributed by atoms with Gasteiger partial charge in [-0.3, -0.25) is 0 Å². The number of ether oxygens (including phenoxy) is 2. The molecule has 0 aliphatic heterocycles. The largest absolute Gasteiger partial charge is 0.497 e. The van der Waals surface area contributed by atoms with E-state index in [-0.39, 0.29) is 0 Å². The Hall–Kier alpha value is -1.43. The highest BCUT2D eigenvalue weighted by Gasteiger charge is 2.04. The van der Waals surface area contributed by atoms with Crippen LogP contribution in [-0.4, -0.2) is 32.4 Å². The Morgan fingerprint density at radius 2 is 2.00 bits per heavy atom. The molecule has 0 radical (unpaired) electrons. The first-order valence-electron chi connectivity index (χ1n) is 6.12. The van der Waals surface area contributed by atoms with Crippen LogP contribution in [-0.2, 0) is 11.3 Å². The van der Waals surface area contributed by atoms with Gasteiger partial charge in [0.2, 0.25) is 0 Å². The van der Waals surface area contributed by atoms with Crippen molar-refractivity contribution in [3.8, 4) is 17.0 Å². The second-order valence-corrected chi connectivity index (χ2v) is 4.97. The molecule has 0 aliphatic carbocycles. The molecule has 4 nitrogen and oxygen atoms in total. The molecule has 1 heterocycles. The van der Waals surface area contributed by atoms with Crippen molar-refractivity contribution in [2.24, 2.45) is 0 Å². The van der Waals surface area contributed by atoms with Crippen molar-refractivity contribution in [2.45, 2.75) is 6.54 Å². The van der Waals surface area contributed by atoms with Crippen LogP contribution in [0.5, 0.6) is 5.75 Å². The average molecular weight is 278 g/mol. The molecule has 0 amide bonds. The summed E-state index contributed by atoms with van der Waals surface area (Å²) in [6.07, 6.45) is 0. The first-order valence-corrected chi connectivity index (χ1v) is 7.00. The van der Waals surface area contributed by atoms with E-state index >= 15 is 0 Å². The van der Waals surface area contributed by atoms with E-state index in [1.54, 1.807) is 25.6 Å². The first-order chi connectivity index (χ1) is 9.33. The molecule has 1 aromatic heterocycles. The van der Waals surface area contributed by atoms with E-state index < -0.39 is 0 Å². The molecular weight excluding hydrogens is 260 g/mol. The molecule has 0 aliphatic rings. The number of hydrogen-bond donors (Lipinski definition) is 1. The summed E-state index contributed by atoms with van der Waals surface area (Å²) >= 11 is 1.67. The standard InChI is InChI=1S/C14H18N2O2S/c1-17-8-7-15-9-14-16-13(10-19-14)11-3-5-12(18-2)6-4-11/h3-6,10,15H,7-9H2,1-2H3. The first kappa shape index (κ1) is 14.0. The summed E-state index contributed by atoms with van der Waals surface area (Å²) in [7, 11) is 3.37. The molecule has 0 bridgehead atoms. The van der Waals surface area contributed by atoms with E-state index in [0.29, 0.717) is 0 Å². The SMILES string of the molecule is COCCNCc1nc(-c2ccc(OC)cc2)cs1. The maximum atomic E-state index is 5.15. The van der Waals surface area contributed by atoms with Crippen LogP contribution in [0, 0.1) is 0 Å². The van der Waals surface area contributed by atoms with Gasteiger partial charge < -0.3 is 14.8 Å². The van der Waals surface area contributed by atoms with Gasteiger partial charge in [-0.2, -0.15) is 0 Å². The number of rotatable bonds is 7. The van der Waals surface area contributed by atoms with E-state index in [1.165, 1.54) is 0 Å². The van der Waals surface area contributed by atoms with Crippen molar-refractivity contribution >= 4 is 11.3 Å². The van der Waals surface area contributed by atoms with Crippen molar-refractivity contribution in [2.75, 3.05) is 27.4 Å². The maximum absolute atomic E-state index is 5.15. The number of hydrogen-bond acceptors (Lipinski definition) is 5. The van der Waals surface area contributed by atoms with Gasteiger partial charge >= 0.3 is 0 Å². The normalized spacial score (nSPS) is 10.6. The summed E-state index contributed by atoms with van der Waals surface area (Å²) in [5, 5.41) is 6.45. The topological polar surface area (TPSA) is 43.4 Å². The molecule has 2 rings (SSSR count). The Labute approximate surface area is 117 Å². The molecule has 1 aromatic carbocycles. The van der Waals surface area contributed by atoms with Gasteiger partial charge in [-0.25, -0.2) is 4.98 Å². The van der Waals surface area contributed by atoms with Crippen LogP contribution in [0.15, 0.2) is 29.6 Å². The average Bonchev–Trinajstić information content (AvgIpc) is 2.92. The van der Waals surface area contributed by atoms with E-state index in [2.05, 4.69) is 15.7 Å². The van der Waals surface area contributed by atoms with E-state index in [9.17, 15) is 0 Å². The molecule has 0 spiro atoms. The summed E-state index contributed by atoms with van der Waals surface area (Å²) in [6, 6.07) is 7.95. The van der Waals surface area contributed by atoms with Gasteiger partial charge in [0, 0.05) is 31.1 Å². The number of methoxy groups -OCH3 is 2. The third kappa shape index (κ3) is 4.02. The molecule has 0 atom stereocenters. The maximum Gasteiger partial charge on any atom is 0.118 e. The Kier molecular flexibility index (Phi) is 5.32. The van der Waals surface area contributed by atoms with Crippen LogP contribution in [0.4, 0.5) is 0 Å². The van der Waals surface area contributed by atoms with Gasteiger partial charge in [-0.1, -0.05) is 0 Å². The third-order valence-electron chi connectivity index (χ3n) is 2.70. The van der Waals surface area contributed by atoms with Crippen molar-refractivity contribution in [3.63, 3.8) is 0 Å². The minimum Gasteiger partial charge on any atom is -0.497 e. The molecule has 0 saturated carbocycles. The molecular formula is C14H18N2O2S. The second-order valence-electron chi connectivity index (χ2n) is 4.02. The van der Waals surface area contributed by atoms with Crippen LogP contribution < -0.4 is 10.1 Å². The number of nitrogens with zero attached hydrogens (tertiary/aromatic N) is 1. The van der Waals surface area contributed by atoms with Gasteiger partial charge in [0.15, 0.2) is 0 Å². The fraction of sp³-hybridized carbons (Fsp3) is 0.357.